The van der Waals surface area contributed by atoms with Crippen molar-refractivity contribution in [2.75, 3.05) is 6.54 Å². The molecular weight excluding hydrogens is 198 g/mol. The van der Waals surface area contributed by atoms with Crippen LogP contribution in [0.3, 0.4) is 0 Å². The summed E-state index contributed by atoms with van der Waals surface area (Å²) in [5, 5.41) is 0. The summed E-state index contributed by atoms with van der Waals surface area (Å²) in [4.78, 5) is 14.1. The van der Waals surface area contributed by atoms with Crippen molar-refractivity contribution in [1.82, 2.24) is 4.90 Å². The molecule has 0 spiro atoms. The van der Waals surface area contributed by atoms with E-state index in [-0.39, 0.29) is 0 Å². The first-order valence-corrected chi connectivity index (χ1v) is 6.81. The van der Waals surface area contributed by atoms with E-state index in [9.17, 15) is 4.79 Å². The SMILES string of the molecule is CCCCCCC1=CC(=O)C[C@H]2CCCN12. The number of fused-ring (bicyclic) bond motifs is 1. The molecule has 0 N–H and O–H groups in total. The molecule has 1 atom stereocenters. The van der Waals surface area contributed by atoms with E-state index in [0.29, 0.717) is 11.8 Å². The van der Waals surface area contributed by atoms with Gasteiger partial charge in [-0.25, -0.2) is 0 Å². The number of carbonyl (C=O) groups excluding carboxylic acids is 1. The third kappa shape index (κ3) is 2.66. The summed E-state index contributed by atoms with van der Waals surface area (Å²) in [6, 6.07) is 0.540. The Morgan fingerprint density at radius 3 is 3.06 bits per heavy atom. The molecular formula is C14H23NO. The molecule has 0 saturated carbocycles. The van der Waals surface area contributed by atoms with Gasteiger partial charge in [-0.2, -0.15) is 0 Å². The molecule has 0 radical (unpaired) electrons. The summed E-state index contributed by atoms with van der Waals surface area (Å²) in [6.07, 6.45) is 11.4. The Labute approximate surface area is 98.7 Å². The first-order chi connectivity index (χ1) is 7.81. The van der Waals surface area contributed by atoms with Crippen molar-refractivity contribution in [1.29, 1.82) is 0 Å². The number of rotatable bonds is 5. The zero-order valence-electron chi connectivity index (χ0n) is 10.4. The Bertz CT molecular complexity index is 282. The molecule has 90 valence electrons. The first kappa shape index (κ1) is 11.7. The van der Waals surface area contributed by atoms with Crippen LogP contribution in [0.2, 0.25) is 0 Å². The lowest BCUT2D eigenvalue weighted by Gasteiger charge is -2.32. The average Bonchev–Trinajstić information content (AvgIpc) is 2.72. The predicted octanol–water partition coefficient (Wildman–Crippen LogP) is 3.28. The summed E-state index contributed by atoms with van der Waals surface area (Å²) in [7, 11) is 0. The average molecular weight is 221 g/mol. The van der Waals surface area contributed by atoms with Gasteiger partial charge in [-0.15, -0.1) is 0 Å². The van der Waals surface area contributed by atoms with Crippen molar-refractivity contribution in [3.05, 3.63) is 11.8 Å². The molecule has 2 heterocycles. The van der Waals surface area contributed by atoms with Crippen LogP contribution in [0.15, 0.2) is 11.8 Å². The van der Waals surface area contributed by atoms with E-state index in [0.717, 1.165) is 12.8 Å². The minimum absolute atomic E-state index is 0.355. The molecule has 1 fully saturated rings. The van der Waals surface area contributed by atoms with E-state index in [1.807, 2.05) is 6.08 Å². The van der Waals surface area contributed by atoms with E-state index in [1.165, 1.54) is 50.8 Å². The Balaban J connectivity index is 1.88. The molecule has 2 aliphatic heterocycles. The molecule has 0 aromatic rings. The highest BCUT2D eigenvalue weighted by Crippen LogP contribution is 2.31. The summed E-state index contributed by atoms with van der Waals surface area (Å²) in [5.41, 5.74) is 1.33. The summed E-state index contributed by atoms with van der Waals surface area (Å²) in [5.74, 6) is 0.355. The second-order valence-corrected chi connectivity index (χ2v) is 5.11. The number of hydrogen-bond acceptors (Lipinski definition) is 2. The lowest BCUT2D eigenvalue weighted by atomic mass is 10.00. The lowest BCUT2D eigenvalue weighted by molar-refractivity contribution is -0.116. The minimum Gasteiger partial charge on any atom is -0.371 e. The van der Waals surface area contributed by atoms with Crippen LogP contribution in [0.5, 0.6) is 0 Å². The molecule has 2 aliphatic rings. The zero-order valence-corrected chi connectivity index (χ0v) is 10.4. The monoisotopic (exact) mass is 221 g/mol. The highest BCUT2D eigenvalue weighted by Gasteiger charge is 2.31. The van der Waals surface area contributed by atoms with E-state index >= 15 is 0 Å². The second kappa shape index (κ2) is 5.51. The summed E-state index contributed by atoms with van der Waals surface area (Å²) < 4.78 is 0. The fraction of sp³-hybridized carbons (Fsp3) is 0.786. The molecule has 0 bridgehead atoms. The number of ketones is 1. The minimum atomic E-state index is 0.355. The number of hydrogen-bond donors (Lipinski definition) is 0. The first-order valence-electron chi connectivity index (χ1n) is 6.81. The van der Waals surface area contributed by atoms with Crippen LogP contribution in [0.4, 0.5) is 0 Å². The lowest BCUT2D eigenvalue weighted by Crippen LogP contribution is -2.34. The maximum atomic E-state index is 11.6. The molecule has 0 amide bonds. The molecule has 0 aromatic heterocycles. The van der Waals surface area contributed by atoms with Gasteiger partial charge in [0, 0.05) is 30.8 Å². The van der Waals surface area contributed by atoms with Crippen LogP contribution in [0, 0.1) is 0 Å². The molecule has 2 heteroatoms. The Hall–Kier alpha value is -0.790. The van der Waals surface area contributed by atoms with Gasteiger partial charge in [0.1, 0.15) is 0 Å². The Kier molecular flexibility index (Phi) is 4.03. The number of nitrogens with zero attached hydrogens (tertiary/aromatic N) is 1. The van der Waals surface area contributed by atoms with Crippen molar-refractivity contribution in [2.24, 2.45) is 0 Å². The van der Waals surface area contributed by atoms with Crippen LogP contribution >= 0.6 is 0 Å². The molecule has 1 saturated heterocycles. The Morgan fingerprint density at radius 2 is 2.25 bits per heavy atom. The molecule has 2 nitrogen and oxygen atoms in total. The normalized spacial score (nSPS) is 24.6. The number of unbranched alkanes of at least 4 members (excludes halogenated alkanes) is 3. The molecule has 0 aromatic carbocycles. The summed E-state index contributed by atoms with van der Waals surface area (Å²) >= 11 is 0. The second-order valence-electron chi connectivity index (χ2n) is 5.11. The maximum absolute atomic E-state index is 11.6. The van der Waals surface area contributed by atoms with E-state index in [1.54, 1.807) is 0 Å². The topological polar surface area (TPSA) is 20.3 Å². The largest absolute Gasteiger partial charge is 0.371 e. The fourth-order valence-electron chi connectivity index (χ4n) is 2.93. The van der Waals surface area contributed by atoms with Crippen LogP contribution in [0.1, 0.15) is 58.3 Å². The van der Waals surface area contributed by atoms with Crippen LogP contribution < -0.4 is 0 Å². The standard InChI is InChI=1S/C14H23NO/c1-2-3-4-5-7-12-10-14(16)11-13-8-6-9-15(12)13/h10,13H,2-9,11H2,1H3/t13-/m1/s1. The predicted molar refractivity (Wildman–Crippen MR) is 66.2 cm³/mol. The molecule has 2 rings (SSSR count). The van der Waals surface area contributed by atoms with Crippen LogP contribution in [-0.4, -0.2) is 23.3 Å². The van der Waals surface area contributed by atoms with Crippen molar-refractivity contribution < 1.29 is 4.79 Å². The van der Waals surface area contributed by atoms with Gasteiger partial charge in [0.15, 0.2) is 5.78 Å². The van der Waals surface area contributed by atoms with Crippen LogP contribution in [0.25, 0.3) is 0 Å². The maximum Gasteiger partial charge on any atom is 0.159 e. The van der Waals surface area contributed by atoms with Gasteiger partial charge in [0.2, 0.25) is 0 Å². The smallest absolute Gasteiger partial charge is 0.159 e. The Morgan fingerprint density at radius 1 is 1.38 bits per heavy atom. The molecule has 0 aliphatic carbocycles. The van der Waals surface area contributed by atoms with Crippen molar-refractivity contribution in [3.63, 3.8) is 0 Å². The highest BCUT2D eigenvalue weighted by molar-refractivity contribution is 5.91. The van der Waals surface area contributed by atoms with Gasteiger partial charge in [-0.3, -0.25) is 4.79 Å². The van der Waals surface area contributed by atoms with Gasteiger partial charge in [0.25, 0.3) is 0 Å². The van der Waals surface area contributed by atoms with Crippen molar-refractivity contribution in [3.8, 4) is 0 Å². The van der Waals surface area contributed by atoms with Gasteiger partial charge in [-0.1, -0.05) is 26.2 Å². The molecule has 0 unspecified atom stereocenters. The molecule has 16 heavy (non-hydrogen) atoms. The van der Waals surface area contributed by atoms with Gasteiger partial charge < -0.3 is 4.90 Å². The van der Waals surface area contributed by atoms with E-state index in [4.69, 9.17) is 0 Å². The van der Waals surface area contributed by atoms with Gasteiger partial charge in [0.05, 0.1) is 0 Å². The number of carbonyl (C=O) groups is 1. The van der Waals surface area contributed by atoms with Gasteiger partial charge in [-0.05, 0) is 25.7 Å². The van der Waals surface area contributed by atoms with E-state index < -0.39 is 0 Å². The quantitative estimate of drug-likeness (QED) is 0.664. The third-order valence-corrected chi connectivity index (χ3v) is 3.80. The van der Waals surface area contributed by atoms with Crippen molar-refractivity contribution in [2.45, 2.75) is 64.3 Å². The zero-order chi connectivity index (χ0) is 11.4. The van der Waals surface area contributed by atoms with Crippen LogP contribution in [-0.2, 0) is 4.79 Å². The summed E-state index contributed by atoms with van der Waals surface area (Å²) in [6.45, 7) is 3.41. The van der Waals surface area contributed by atoms with E-state index in [2.05, 4.69) is 11.8 Å². The highest BCUT2D eigenvalue weighted by atomic mass is 16.1. The van der Waals surface area contributed by atoms with Crippen molar-refractivity contribution >= 4 is 5.78 Å². The third-order valence-electron chi connectivity index (χ3n) is 3.80. The van der Waals surface area contributed by atoms with Gasteiger partial charge >= 0.3 is 0 Å². The fourth-order valence-corrected chi connectivity index (χ4v) is 2.93. The number of allylic oxidation sites excluding steroid dienone is 2.